The molecular weight excluding hydrogens is 260 g/mol. The van der Waals surface area contributed by atoms with Crippen molar-refractivity contribution in [2.75, 3.05) is 0 Å². The first-order valence-electron chi connectivity index (χ1n) is 6.08. The van der Waals surface area contributed by atoms with Crippen molar-refractivity contribution in [1.29, 1.82) is 0 Å². The third kappa shape index (κ3) is 4.15. The summed E-state index contributed by atoms with van der Waals surface area (Å²) in [6, 6.07) is 8.04. The van der Waals surface area contributed by atoms with Gasteiger partial charge >= 0.3 is 5.97 Å². The molecule has 4 nitrogen and oxygen atoms in total. The second kappa shape index (κ2) is 6.45. The lowest BCUT2D eigenvalue weighted by Crippen LogP contribution is -2.17. The van der Waals surface area contributed by atoms with Gasteiger partial charge in [-0.1, -0.05) is 6.07 Å². The number of carboxylic acid groups (broad SMARTS) is 1. The number of carbonyl (C=O) groups is 1. The lowest BCUT2D eigenvalue weighted by molar-refractivity contribution is -0.136. The van der Waals surface area contributed by atoms with Gasteiger partial charge in [0.15, 0.2) is 0 Å². The number of aromatic nitrogens is 1. The maximum Gasteiger partial charge on any atom is 0.308 e. The molecule has 0 aliphatic rings. The molecule has 0 spiro atoms. The second-order valence-corrected chi connectivity index (χ2v) is 5.58. The maximum atomic E-state index is 10.6. The number of hydrogen-bond donors (Lipinski definition) is 2. The van der Waals surface area contributed by atoms with Gasteiger partial charge in [0.05, 0.1) is 6.42 Å². The van der Waals surface area contributed by atoms with Gasteiger partial charge in [0.1, 0.15) is 0 Å². The molecule has 100 valence electrons. The van der Waals surface area contributed by atoms with E-state index in [0.29, 0.717) is 0 Å². The van der Waals surface area contributed by atoms with Gasteiger partial charge in [0.25, 0.3) is 0 Å². The van der Waals surface area contributed by atoms with Gasteiger partial charge in [-0.15, -0.1) is 11.3 Å². The van der Waals surface area contributed by atoms with Gasteiger partial charge in [-0.2, -0.15) is 0 Å². The van der Waals surface area contributed by atoms with Crippen molar-refractivity contribution in [2.45, 2.75) is 25.9 Å². The van der Waals surface area contributed by atoms with Crippen molar-refractivity contribution in [2.24, 2.45) is 0 Å². The fourth-order valence-electron chi connectivity index (χ4n) is 1.77. The van der Waals surface area contributed by atoms with E-state index in [2.05, 4.69) is 17.2 Å². The average molecular weight is 276 g/mol. The highest BCUT2D eigenvalue weighted by atomic mass is 32.1. The number of thiophene rings is 1. The fraction of sp³-hybridized carbons (Fsp3) is 0.286. The maximum absolute atomic E-state index is 10.6. The van der Waals surface area contributed by atoms with Gasteiger partial charge < -0.3 is 10.4 Å². The highest BCUT2D eigenvalue weighted by Gasteiger charge is 2.07. The number of pyridine rings is 1. The quantitative estimate of drug-likeness (QED) is 0.851. The van der Waals surface area contributed by atoms with Crippen LogP contribution in [0.1, 0.15) is 28.3 Å². The standard InChI is InChI=1S/C14H16N2O2S/c1-10(11-3-2-6-15-8-11)16-9-13-5-4-12(19-13)7-14(17)18/h2-6,8,10,16H,7,9H2,1H3,(H,17,18)/t10-/m1/s1. The Bertz CT molecular complexity index is 539. The van der Waals surface area contributed by atoms with Crippen LogP contribution in [-0.4, -0.2) is 16.1 Å². The SMILES string of the molecule is C[C@@H](NCc1ccc(CC(=O)O)s1)c1cccnc1. The molecule has 2 aromatic rings. The number of carboxylic acids is 1. The molecule has 19 heavy (non-hydrogen) atoms. The van der Waals surface area contributed by atoms with Crippen LogP contribution in [0.3, 0.4) is 0 Å². The van der Waals surface area contributed by atoms with Crippen LogP contribution < -0.4 is 5.32 Å². The summed E-state index contributed by atoms with van der Waals surface area (Å²) in [6.07, 6.45) is 3.71. The molecule has 2 heterocycles. The summed E-state index contributed by atoms with van der Waals surface area (Å²) in [5.41, 5.74) is 1.14. The van der Waals surface area contributed by atoms with Crippen LogP contribution in [-0.2, 0) is 17.8 Å². The minimum Gasteiger partial charge on any atom is -0.481 e. The molecule has 0 saturated heterocycles. The molecule has 0 fully saturated rings. The van der Waals surface area contributed by atoms with E-state index in [-0.39, 0.29) is 12.5 Å². The summed E-state index contributed by atoms with van der Waals surface area (Å²) in [4.78, 5) is 16.7. The molecule has 1 atom stereocenters. The van der Waals surface area contributed by atoms with Crippen LogP contribution in [0, 0.1) is 0 Å². The molecule has 0 aliphatic carbocycles. The van der Waals surface area contributed by atoms with E-state index in [9.17, 15) is 4.79 Å². The fourth-order valence-corrected chi connectivity index (χ4v) is 2.73. The Morgan fingerprint density at radius 1 is 1.42 bits per heavy atom. The molecular formula is C14H16N2O2S. The van der Waals surface area contributed by atoms with Gasteiger partial charge in [-0.3, -0.25) is 9.78 Å². The first-order valence-corrected chi connectivity index (χ1v) is 6.89. The third-order valence-corrected chi connectivity index (χ3v) is 3.89. The highest BCUT2D eigenvalue weighted by Crippen LogP contribution is 2.18. The van der Waals surface area contributed by atoms with Crippen LogP contribution in [0.2, 0.25) is 0 Å². The number of nitrogens with zero attached hydrogens (tertiary/aromatic N) is 1. The van der Waals surface area contributed by atoms with Crippen LogP contribution in [0.5, 0.6) is 0 Å². The summed E-state index contributed by atoms with van der Waals surface area (Å²) < 4.78 is 0. The summed E-state index contributed by atoms with van der Waals surface area (Å²) in [7, 11) is 0. The Balaban J connectivity index is 1.88. The molecule has 0 unspecified atom stereocenters. The molecule has 2 rings (SSSR count). The zero-order valence-electron chi connectivity index (χ0n) is 10.7. The van der Waals surface area contributed by atoms with Crippen molar-refractivity contribution in [3.05, 3.63) is 52.0 Å². The zero-order chi connectivity index (χ0) is 13.7. The predicted molar refractivity (Wildman–Crippen MR) is 75.2 cm³/mol. The van der Waals surface area contributed by atoms with Crippen LogP contribution in [0.15, 0.2) is 36.7 Å². The molecule has 0 aliphatic heterocycles. The lowest BCUT2D eigenvalue weighted by Gasteiger charge is -2.12. The Morgan fingerprint density at radius 3 is 2.89 bits per heavy atom. The topological polar surface area (TPSA) is 62.2 Å². The molecule has 2 aromatic heterocycles. The lowest BCUT2D eigenvalue weighted by atomic mass is 10.1. The minimum absolute atomic E-state index is 0.100. The van der Waals surface area contributed by atoms with Crippen LogP contribution in [0.25, 0.3) is 0 Å². The van der Waals surface area contributed by atoms with Gasteiger partial charge in [-0.05, 0) is 30.7 Å². The molecule has 2 N–H and O–H groups in total. The van der Waals surface area contributed by atoms with E-state index in [4.69, 9.17) is 5.11 Å². The molecule has 0 aromatic carbocycles. The monoisotopic (exact) mass is 276 g/mol. The van der Waals surface area contributed by atoms with E-state index in [1.54, 1.807) is 6.20 Å². The van der Waals surface area contributed by atoms with Crippen molar-refractivity contribution < 1.29 is 9.90 Å². The van der Waals surface area contributed by atoms with Crippen LogP contribution >= 0.6 is 11.3 Å². The van der Waals surface area contributed by atoms with Gasteiger partial charge in [0, 0.05) is 34.7 Å². The van der Waals surface area contributed by atoms with E-state index < -0.39 is 5.97 Å². The van der Waals surface area contributed by atoms with Gasteiger partial charge in [0.2, 0.25) is 0 Å². The Kier molecular flexibility index (Phi) is 4.65. The highest BCUT2D eigenvalue weighted by molar-refractivity contribution is 7.12. The van der Waals surface area contributed by atoms with Crippen molar-refractivity contribution in [1.82, 2.24) is 10.3 Å². The first-order chi connectivity index (χ1) is 9.15. The van der Waals surface area contributed by atoms with Crippen LogP contribution in [0.4, 0.5) is 0 Å². The largest absolute Gasteiger partial charge is 0.481 e. The summed E-state index contributed by atoms with van der Waals surface area (Å²) in [5.74, 6) is -0.787. The zero-order valence-corrected chi connectivity index (χ0v) is 11.5. The smallest absolute Gasteiger partial charge is 0.308 e. The average Bonchev–Trinajstić information content (AvgIpc) is 2.84. The number of hydrogen-bond acceptors (Lipinski definition) is 4. The second-order valence-electron chi connectivity index (χ2n) is 4.33. The van der Waals surface area contributed by atoms with Crippen molar-refractivity contribution >= 4 is 17.3 Å². The summed E-state index contributed by atoms with van der Waals surface area (Å²) in [6.45, 7) is 2.82. The first kappa shape index (κ1) is 13.7. The molecule has 0 radical (unpaired) electrons. The molecule has 0 saturated carbocycles. The third-order valence-electron chi connectivity index (χ3n) is 2.81. The molecule has 0 bridgehead atoms. The normalized spacial score (nSPS) is 12.3. The molecule has 0 amide bonds. The predicted octanol–water partition coefficient (Wildman–Crippen LogP) is 2.62. The minimum atomic E-state index is -0.787. The van der Waals surface area contributed by atoms with E-state index >= 15 is 0 Å². The summed E-state index contributed by atoms with van der Waals surface area (Å²) >= 11 is 1.54. The van der Waals surface area contributed by atoms with Crippen molar-refractivity contribution in [3.8, 4) is 0 Å². The Labute approximate surface area is 116 Å². The van der Waals surface area contributed by atoms with E-state index in [1.807, 2.05) is 30.5 Å². The number of nitrogens with one attached hydrogen (secondary N) is 1. The van der Waals surface area contributed by atoms with Crippen molar-refractivity contribution in [3.63, 3.8) is 0 Å². The Hall–Kier alpha value is -1.72. The summed E-state index contributed by atoms with van der Waals surface area (Å²) in [5, 5.41) is 12.1. The number of aliphatic carboxylic acids is 1. The van der Waals surface area contributed by atoms with E-state index in [1.165, 1.54) is 11.3 Å². The number of rotatable bonds is 6. The van der Waals surface area contributed by atoms with E-state index in [0.717, 1.165) is 21.9 Å². The Morgan fingerprint density at radius 2 is 2.21 bits per heavy atom. The molecule has 5 heteroatoms. The van der Waals surface area contributed by atoms with Gasteiger partial charge in [-0.25, -0.2) is 0 Å².